The van der Waals surface area contributed by atoms with Gasteiger partial charge in [0.1, 0.15) is 0 Å². The molecule has 0 saturated carbocycles. The molecule has 1 aromatic heterocycles. The van der Waals surface area contributed by atoms with Crippen molar-refractivity contribution in [3.63, 3.8) is 0 Å². The molecule has 1 aliphatic carbocycles. The van der Waals surface area contributed by atoms with E-state index in [1.165, 1.54) is 24.0 Å². The van der Waals surface area contributed by atoms with Crippen molar-refractivity contribution in [1.82, 2.24) is 4.98 Å². The van der Waals surface area contributed by atoms with Crippen molar-refractivity contribution in [2.24, 2.45) is 10.7 Å². The largest absolute Gasteiger partial charge is 0.383 e. The van der Waals surface area contributed by atoms with Gasteiger partial charge < -0.3 is 16.4 Å². The molecule has 5 nitrogen and oxygen atoms in total. The molecule has 0 spiro atoms. The van der Waals surface area contributed by atoms with E-state index in [9.17, 15) is 0 Å². The second-order valence-corrected chi connectivity index (χ2v) is 5.70. The molecular weight excluding hydrogens is 413 g/mol. The van der Waals surface area contributed by atoms with E-state index in [0.717, 1.165) is 30.8 Å². The molecule has 2 aromatic rings. The van der Waals surface area contributed by atoms with Crippen LogP contribution in [0.4, 0.5) is 11.4 Å². The standard InChI is InChI=1S/C18H23N5.HI/c19-18(22-13-12-21-15-8-10-20-11-9-15)23-17-7-3-5-14-4-1-2-6-16(14)17;/h3,5,7-11H,1-2,4,6,12-13H2,(H,20,21)(H3,19,22,23);1H. The first kappa shape index (κ1) is 18.5. The van der Waals surface area contributed by atoms with Crippen molar-refractivity contribution in [3.8, 4) is 0 Å². The summed E-state index contributed by atoms with van der Waals surface area (Å²) in [5.74, 6) is 0.473. The third-order valence-corrected chi connectivity index (χ3v) is 4.06. The van der Waals surface area contributed by atoms with Crippen molar-refractivity contribution in [2.75, 3.05) is 23.7 Å². The average Bonchev–Trinajstić information content (AvgIpc) is 2.60. The van der Waals surface area contributed by atoms with Crippen LogP contribution in [0.2, 0.25) is 0 Å². The van der Waals surface area contributed by atoms with Crippen LogP contribution in [0, 0.1) is 0 Å². The molecular formula is C18H24IN5. The average molecular weight is 437 g/mol. The lowest BCUT2D eigenvalue weighted by Gasteiger charge is -2.19. The van der Waals surface area contributed by atoms with Crippen LogP contribution < -0.4 is 16.4 Å². The first-order valence-electron chi connectivity index (χ1n) is 8.14. The molecule has 24 heavy (non-hydrogen) atoms. The van der Waals surface area contributed by atoms with E-state index in [-0.39, 0.29) is 24.0 Å². The monoisotopic (exact) mass is 437 g/mol. The summed E-state index contributed by atoms with van der Waals surface area (Å²) in [5.41, 5.74) is 11.0. The normalized spacial score (nSPS) is 13.6. The Bertz CT molecular complexity index is 672. The van der Waals surface area contributed by atoms with Gasteiger partial charge in [0, 0.05) is 30.3 Å². The zero-order valence-electron chi connectivity index (χ0n) is 13.7. The van der Waals surface area contributed by atoms with Crippen molar-refractivity contribution >= 4 is 41.3 Å². The van der Waals surface area contributed by atoms with Gasteiger partial charge in [0.2, 0.25) is 0 Å². The number of pyridine rings is 1. The van der Waals surface area contributed by atoms with E-state index in [1.807, 2.05) is 12.1 Å². The van der Waals surface area contributed by atoms with Gasteiger partial charge in [0.05, 0.1) is 6.54 Å². The minimum absolute atomic E-state index is 0. The molecule has 128 valence electrons. The molecule has 0 fully saturated rings. The molecule has 0 unspecified atom stereocenters. The summed E-state index contributed by atoms with van der Waals surface area (Å²) in [6.07, 6.45) is 8.34. The first-order valence-corrected chi connectivity index (χ1v) is 8.14. The quantitative estimate of drug-likeness (QED) is 0.290. The molecule has 3 rings (SSSR count). The van der Waals surface area contributed by atoms with Gasteiger partial charge in [0.15, 0.2) is 5.96 Å². The fourth-order valence-corrected chi connectivity index (χ4v) is 2.92. The number of aromatic nitrogens is 1. The topological polar surface area (TPSA) is 75.3 Å². The Kier molecular flexibility index (Phi) is 7.30. The van der Waals surface area contributed by atoms with E-state index in [1.54, 1.807) is 12.4 Å². The van der Waals surface area contributed by atoms with Crippen LogP contribution in [-0.4, -0.2) is 24.0 Å². The molecule has 0 atom stereocenters. The van der Waals surface area contributed by atoms with Gasteiger partial charge in [-0.15, -0.1) is 24.0 Å². The molecule has 4 N–H and O–H groups in total. The lowest BCUT2D eigenvalue weighted by molar-refractivity contribution is 0.687. The summed E-state index contributed by atoms with van der Waals surface area (Å²) >= 11 is 0. The number of guanidine groups is 1. The van der Waals surface area contributed by atoms with Gasteiger partial charge >= 0.3 is 0 Å². The minimum atomic E-state index is 0. The summed E-state index contributed by atoms with van der Waals surface area (Å²) in [6, 6.07) is 10.3. The number of rotatable bonds is 5. The van der Waals surface area contributed by atoms with E-state index in [4.69, 9.17) is 5.73 Å². The number of benzene rings is 1. The number of aliphatic imine (C=N–C) groups is 1. The van der Waals surface area contributed by atoms with E-state index in [2.05, 4.69) is 38.8 Å². The molecule has 1 heterocycles. The number of hydrogen-bond acceptors (Lipinski definition) is 3. The van der Waals surface area contributed by atoms with Crippen LogP contribution in [0.5, 0.6) is 0 Å². The van der Waals surface area contributed by atoms with Crippen LogP contribution in [0.25, 0.3) is 0 Å². The number of fused-ring (bicyclic) bond motifs is 1. The predicted octanol–water partition coefficient (Wildman–Crippen LogP) is 3.42. The fraction of sp³-hybridized carbons (Fsp3) is 0.333. The Morgan fingerprint density at radius 2 is 1.92 bits per heavy atom. The van der Waals surface area contributed by atoms with E-state index in [0.29, 0.717) is 12.5 Å². The molecule has 0 radical (unpaired) electrons. The Hall–Kier alpha value is -1.83. The summed E-state index contributed by atoms with van der Waals surface area (Å²) < 4.78 is 0. The van der Waals surface area contributed by atoms with Crippen LogP contribution in [0.3, 0.4) is 0 Å². The number of halogens is 1. The highest BCUT2D eigenvalue weighted by Crippen LogP contribution is 2.27. The lowest BCUT2D eigenvalue weighted by atomic mass is 9.90. The Morgan fingerprint density at radius 3 is 2.75 bits per heavy atom. The van der Waals surface area contributed by atoms with Gasteiger partial charge in [-0.3, -0.25) is 9.98 Å². The van der Waals surface area contributed by atoms with Crippen LogP contribution >= 0.6 is 24.0 Å². The molecule has 1 aliphatic rings. The van der Waals surface area contributed by atoms with Gasteiger partial charge in [-0.1, -0.05) is 12.1 Å². The second kappa shape index (κ2) is 9.46. The zero-order valence-corrected chi connectivity index (χ0v) is 16.0. The van der Waals surface area contributed by atoms with Gasteiger partial charge in [-0.05, 0) is 55.0 Å². The Labute approximate surface area is 160 Å². The number of hydrogen-bond donors (Lipinski definition) is 3. The second-order valence-electron chi connectivity index (χ2n) is 5.70. The lowest BCUT2D eigenvalue weighted by Crippen LogP contribution is -2.25. The highest BCUT2D eigenvalue weighted by atomic mass is 127. The molecule has 0 saturated heterocycles. The summed E-state index contributed by atoms with van der Waals surface area (Å²) in [7, 11) is 0. The highest BCUT2D eigenvalue weighted by Gasteiger charge is 2.12. The highest BCUT2D eigenvalue weighted by molar-refractivity contribution is 14.0. The number of aryl methyl sites for hydroxylation is 1. The van der Waals surface area contributed by atoms with Gasteiger partial charge in [-0.25, -0.2) is 0 Å². The van der Waals surface area contributed by atoms with Crippen molar-refractivity contribution in [1.29, 1.82) is 0 Å². The maximum atomic E-state index is 6.02. The van der Waals surface area contributed by atoms with Crippen molar-refractivity contribution < 1.29 is 0 Å². The Balaban J connectivity index is 0.00000208. The molecule has 0 aliphatic heterocycles. The maximum Gasteiger partial charge on any atom is 0.193 e. The fourth-order valence-electron chi connectivity index (χ4n) is 2.92. The first-order chi connectivity index (χ1) is 11.3. The Morgan fingerprint density at radius 1 is 1.12 bits per heavy atom. The summed E-state index contributed by atoms with van der Waals surface area (Å²) in [6.45, 7) is 1.36. The minimum Gasteiger partial charge on any atom is -0.383 e. The smallest absolute Gasteiger partial charge is 0.193 e. The molecule has 0 bridgehead atoms. The summed E-state index contributed by atoms with van der Waals surface area (Å²) in [5, 5.41) is 6.54. The molecule has 1 aromatic carbocycles. The maximum absolute atomic E-state index is 6.02. The van der Waals surface area contributed by atoms with E-state index < -0.39 is 0 Å². The third kappa shape index (κ3) is 5.09. The van der Waals surface area contributed by atoms with Gasteiger partial charge in [0.25, 0.3) is 0 Å². The van der Waals surface area contributed by atoms with Crippen LogP contribution in [0.1, 0.15) is 24.0 Å². The van der Waals surface area contributed by atoms with Crippen molar-refractivity contribution in [3.05, 3.63) is 53.9 Å². The van der Waals surface area contributed by atoms with Crippen molar-refractivity contribution in [2.45, 2.75) is 25.7 Å². The SMILES string of the molecule is I.NC(=NCCNc1ccncc1)Nc1cccc2c1CCCC2. The number of anilines is 2. The number of nitrogens with one attached hydrogen (secondary N) is 2. The predicted molar refractivity (Wildman–Crippen MR) is 111 cm³/mol. The molecule has 6 heteroatoms. The molecule has 0 amide bonds. The number of nitrogens with two attached hydrogens (primary N) is 1. The zero-order chi connectivity index (χ0) is 15.9. The van der Waals surface area contributed by atoms with Crippen LogP contribution in [-0.2, 0) is 12.8 Å². The van der Waals surface area contributed by atoms with Crippen LogP contribution in [0.15, 0.2) is 47.7 Å². The third-order valence-electron chi connectivity index (χ3n) is 4.06. The summed E-state index contributed by atoms with van der Waals surface area (Å²) in [4.78, 5) is 8.37. The number of nitrogens with zero attached hydrogens (tertiary/aromatic N) is 2. The van der Waals surface area contributed by atoms with E-state index >= 15 is 0 Å². The van der Waals surface area contributed by atoms with Gasteiger partial charge in [-0.2, -0.15) is 0 Å².